The summed E-state index contributed by atoms with van der Waals surface area (Å²) in [7, 11) is 0. The third-order valence-electron chi connectivity index (χ3n) is 2.98. The van der Waals surface area contributed by atoms with E-state index in [1.165, 1.54) is 0 Å². The molecule has 2 atom stereocenters. The number of carboxylic acids is 1. The lowest BCUT2D eigenvalue weighted by Gasteiger charge is -2.12. The number of ketones is 1. The number of carbonyl (C=O) groups is 2. The number of carbonyl (C=O) groups excluding carboxylic acids is 1. The van der Waals surface area contributed by atoms with Crippen LogP contribution >= 0.6 is 0 Å². The van der Waals surface area contributed by atoms with Crippen LogP contribution in [0.4, 0.5) is 13.2 Å². The zero-order chi connectivity index (χ0) is 17.0. The SMILES string of the molecule is C[C@@]1(C(=O)[C@@H](N)Cc2ccccc2)CO1.O=C(O)C(F)(F)F. The van der Waals surface area contributed by atoms with Gasteiger partial charge in [0, 0.05) is 0 Å². The van der Waals surface area contributed by atoms with Crippen LogP contribution in [0.1, 0.15) is 12.5 Å². The van der Waals surface area contributed by atoms with Crippen molar-refractivity contribution in [1.82, 2.24) is 0 Å². The number of halogens is 3. The van der Waals surface area contributed by atoms with Crippen molar-refractivity contribution < 1.29 is 32.6 Å². The minimum atomic E-state index is -5.08. The molecule has 0 aliphatic carbocycles. The standard InChI is InChI=1S/C12H15NO2.C2HF3O2/c1-12(8-15-12)11(14)10(13)7-9-5-3-2-4-6-9;3-2(4,5)1(6)7/h2-6,10H,7-8,13H2,1H3;(H,6,7)/t10-,12-;/m0./s1. The van der Waals surface area contributed by atoms with Gasteiger partial charge in [0.2, 0.25) is 0 Å². The van der Waals surface area contributed by atoms with Gasteiger partial charge in [0.1, 0.15) is 5.60 Å². The molecule has 0 unspecified atom stereocenters. The van der Waals surface area contributed by atoms with E-state index in [0.717, 1.165) is 5.56 Å². The predicted octanol–water partition coefficient (Wildman–Crippen LogP) is 1.55. The Labute approximate surface area is 124 Å². The average molecular weight is 319 g/mol. The highest BCUT2D eigenvalue weighted by molar-refractivity contribution is 5.93. The molecule has 0 spiro atoms. The Morgan fingerprint density at radius 3 is 2.18 bits per heavy atom. The van der Waals surface area contributed by atoms with Gasteiger partial charge in [-0.3, -0.25) is 4.79 Å². The first kappa shape index (κ1) is 18.1. The largest absolute Gasteiger partial charge is 0.490 e. The Kier molecular flexibility index (Phi) is 5.67. The van der Waals surface area contributed by atoms with E-state index in [9.17, 15) is 18.0 Å². The Morgan fingerprint density at radius 1 is 1.36 bits per heavy atom. The Morgan fingerprint density at radius 2 is 1.82 bits per heavy atom. The number of alkyl halides is 3. The number of epoxide rings is 1. The van der Waals surface area contributed by atoms with Gasteiger partial charge in [-0.2, -0.15) is 13.2 Å². The van der Waals surface area contributed by atoms with Crippen LogP contribution in [0.25, 0.3) is 0 Å². The van der Waals surface area contributed by atoms with Crippen molar-refractivity contribution in [3.8, 4) is 0 Å². The zero-order valence-corrected chi connectivity index (χ0v) is 11.8. The Bertz CT molecular complexity index is 527. The van der Waals surface area contributed by atoms with Crippen LogP contribution in [-0.2, 0) is 20.7 Å². The van der Waals surface area contributed by atoms with Crippen LogP contribution in [-0.4, -0.2) is 41.3 Å². The first-order valence-corrected chi connectivity index (χ1v) is 6.34. The zero-order valence-electron chi connectivity index (χ0n) is 11.8. The second-order valence-corrected chi connectivity index (χ2v) is 4.98. The van der Waals surface area contributed by atoms with E-state index in [2.05, 4.69) is 0 Å². The van der Waals surface area contributed by atoms with Gasteiger partial charge in [-0.25, -0.2) is 4.79 Å². The summed E-state index contributed by atoms with van der Waals surface area (Å²) in [6.45, 7) is 2.30. The van der Waals surface area contributed by atoms with Crippen LogP contribution in [0.3, 0.4) is 0 Å². The van der Waals surface area contributed by atoms with E-state index in [4.69, 9.17) is 20.4 Å². The maximum atomic E-state index is 11.8. The normalized spacial score (nSPS) is 21.3. The van der Waals surface area contributed by atoms with Crippen LogP contribution in [0.2, 0.25) is 0 Å². The highest BCUT2D eigenvalue weighted by atomic mass is 19.4. The number of hydrogen-bond donors (Lipinski definition) is 2. The summed E-state index contributed by atoms with van der Waals surface area (Å²) >= 11 is 0. The molecule has 8 heteroatoms. The fourth-order valence-electron chi connectivity index (χ4n) is 1.60. The molecule has 0 aromatic heterocycles. The summed E-state index contributed by atoms with van der Waals surface area (Å²) in [5.41, 5.74) is 6.33. The molecule has 122 valence electrons. The maximum Gasteiger partial charge on any atom is 0.490 e. The quantitative estimate of drug-likeness (QED) is 0.821. The molecule has 0 bridgehead atoms. The lowest BCUT2D eigenvalue weighted by molar-refractivity contribution is -0.192. The van der Waals surface area contributed by atoms with Gasteiger partial charge >= 0.3 is 12.1 Å². The van der Waals surface area contributed by atoms with Crippen LogP contribution < -0.4 is 5.73 Å². The minimum Gasteiger partial charge on any atom is -0.475 e. The van der Waals surface area contributed by atoms with E-state index in [0.29, 0.717) is 13.0 Å². The second-order valence-electron chi connectivity index (χ2n) is 4.98. The lowest BCUT2D eigenvalue weighted by Crippen LogP contribution is -2.40. The van der Waals surface area contributed by atoms with Crippen molar-refractivity contribution >= 4 is 11.8 Å². The molecule has 1 aliphatic rings. The summed E-state index contributed by atoms with van der Waals surface area (Å²) in [6.07, 6.45) is -4.50. The highest BCUT2D eigenvalue weighted by Crippen LogP contribution is 2.28. The fraction of sp³-hybridized carbons (Fsp3) is 0.429. The van der Waals surface area contributed by atoms with Crippen molar-refractivity contribution in [3.05, 3.63) is 35.9 Å². The van der Waals surface area contributed by atoms with Crippen molar-refractivity contribution in [2.24, 2.45) is 5.73 Å². The van der Waals surface area contributed by atoms with E-state index in [-0.39, 0.29) is 5.78 Å². The van der Waals surface area contributed by atoms with Gasteiger partial charge in [0.05, 0.1) is 12.6 Å². The van der Waals surface area contributed by atoms with E-state index in [1.54, 1.807) is 6.92 Å². The van der Waals surface area contributed by atoms with Crippen molar-refractivity contribution in [1.29, 1.82) is 0 Å². The summed E-state index contributed by atoms with van der Waals surface area (Å²) in [6, 6.07) is 9.33. The minimum absolute atomic E-state index is 0.00588. The van der Waals surface area contributed by atoms with Gasteiger partial charge in [-0.15, -0.1) is 0 Å². The molecule has 1 aliphatic heterocycles. The summed E-state index contributed by atoms with van der Waals surface area (Å²) < 4.78 is 36.8. The average Bonchev–Trinajstić information content (AvgIpc) is 3.18. The third-order valence-corrected chi connectivity index (χ3v) is 2.98. The Balaban J connectivity index is 0.000000295. The van der Waals surface area contributed by atoms with Crippen molar-refractivity contribution in [3.63, 3.8) is 0 Å². The first-order chi connectivity index (χ1) is 10.1. The molecule has 0 amide bonds. The van der Waals surface area contributed by atoms with Crippen molar-refractivity contribution in [2.45, 2.75) is 31.2 Å². The van der Waals surface area contributed by atoms with Crippen molar-refractivity contribution in [2.75, 3.05) is 6.61 Å². The molecule has 0 radical (unpaired) electrons. The fourth-order valence-corrected chi connectivity index (χ4v) is 1.60. The van der Waals surface area contributed by atoms with E-state index in [1.807, 2.05) is 30.3 Å². The molecule has 5 nitrogen and oxygen atoms in total. The number of nitrogens with two attached hydrogens (primary N) is 1. The molecule has 1 fully saturated rings. The molecule has 1 aromatic rings. The van der Waals surface area contributed by atoms with Crippen LogP contribution in [0.5, 0.6) is 0 Å². The summed E-state index contributed by atoms with van der Waals surface area (Å²) in [5, 5.41) is 7.12. The van der Waals surface area contributed by atoms with E-state index >= 15 is 0 Å². The Hall–Kier alpha value is -1.93. The summed E-state index contributed by atoms with van der Waals surface area (Å²) in [4.78, 5) is 20.7. The number of rotatable bonds is 4. The molecule has 2 rings (SSSR count). The third kappa shape index (κ3) is 5.45. The molecule has 22 heavy (non-hydrogen) atoms. The highest BCUT2D eigenvalue weighted by Gasteiger charge is 2.48. The topological polar surface area (TPSA) is 92.9 Å². The molecular weight excluding hydrogens is 303 g/mol. The number of carboxylic acid groups (broad SMARTS) is 1. The predicted molar refractivity (Wildman–Crippen MR) is 71.2 cm³/mol. The number of hydrogen-bond acceptors (Lipinski definition) is 4. The van der Waals surface area contributed by atoms with E-state index < -0.39 is 23.8 Å². The smallest absolute Gasteiger partial charge is 0.475 e. The van der Waals surface area contributed by atoms with Gasteiger partial charge in [-0.05, 0) is 18.9 Å². The first-order valence-electron chi connectivity index (χ1n) is 6.34. The lowest BCUT2D eigenvalue weighted by atomic mass is 9.96. The second kappa shape index (κ2) is 6.89. The monoisotopic (exact) mass is 319 g/mol. The molecule has 3 N–H and O–H groups in total. The summed E-state index contributed by atoms with van der Waals surface area (Å²) in [5.74, 6) is -2.75. The van der Waals surface area contributed by atoms with Crippen LogP contribution in [0, 0.1) is 0 Å². The van der Waals surface area contributed by atoms with Crippen LogP contribution in [0.15, 0.2) is 30.3 Å². The van der Waals surface area contributed by atoms with Gasteiger partial charge in [-0.1, -0.05) is 30.3 Å². The van der Waals surface area contributed by atoms with Gasteiger partial charge in [0.15, 0.2) is 5.78 Å². The number of aliphatic carboxylic acids is 1. The van der Waals surface area contributed by atoms with Gasteiger partial charge < -0.3 is 15.6 Å². The number of benzene rings is 1. The number of Topliss-reactive ketones (excluding diaryl/α,β-unsaturated/α-hetero) is 1. The molecule has 1 heterocycles. The molecular formula is C14H16F3NO4. The molecule has 1 saturated heterocycles. The molecule has 1 aromatic carbocycles. The maximum absolute atomic E-state index is 11.8. The molecule has 0 saturated carbocycles. The number of ether oxygens (including phenoxy) is 1. The van der Waals surface area contributed by atoms with Gasteiger partial charge in [0.25, 0.3) is 0 Å².